The van der Waals surface area contributed by atoms with Gasteiger partial charge in [0, 0.05) is 5.70 Å². The number of benzene rings is 1. The van der Waals surface area contributed by atoms with Crippen LogP contribution < -0.4 is 16.4 Å². The number of hydrogen-bond donors (Lipinski definition) is 3. The average molecular weight is 279 g/mol. The Labute approximate surface area is 121 Å². The Morgan fingerprint density at radius 3 is 2.45 bits per heavy atom. The third kappa shape index (κ3) is 9.96. The normalized spacial score (nSPS) is 10.2. The van der Waals surface area contributed by atoms with E-state index in [1.165, 1.54) is 0 Å². The number of allylic oxidation sites excluding steroid dienone is 1. The van der Waals surface area contributed by atoms with Crippen molar-refractivity contribution in [3.63, 3.8) is 0 Å². The second-order valence-electron chi connectivity index (χ2n) is 4.10. The van der Waals surface area contributed by atoms with Crippen LogP contribution in [-0.4, -0.2) is 26.7 Å². The van der Waals surface area contributed by atoms with Gasteiger partial charge in [0.2, 0.25) is 0 Å². The maximum absolute atomic E-state index is 11.3. The first-order valence-corrected chi connectivity index (χ1v) is 6.61. The molecule has 1 aromatic rings. The molecule has 0 spiro atoms. The van der Waals surface area contributed by atoms with Crippen LogP contribution in [0.3, 0.4) is 0 Å². The predicted octanol–water partition coefficient (Wildman–Crippen LogP) is 2.00. The number of amides is 1. The van der Waals surface area contributed by atoms with Crippen LogP contribution in [0.1, 0.15) is 18.9 Å². The molecular weight excluding hydrogens is 254 g/mol. The highest BCUT2D eigenvalue weighted by molar-refractivity contribution is 5.67. The lowest BCUT2D eigenvalue weighted by molar-refractivity contribution is 0.140. The molecule has 0 atom stereocenters. The van der Waals surface area contributed by atoms with E-state index in [-0.39, 0.29) is 6.61 Å². The van der Waals surface area contributed by atoms with Crippen molar-refractivity contribution in [1.82, 2.24) is 10.6 Å². The fraction of sp³-hybridized carbons (Fsp3) is 0.400. The standard InChI is InChI=1S/C13H18N2O2.C2H7N/c1-2-6-12(14)9-15-13(16)17-10-11-7-4-3-5-8-11;1-3-2/h3-8H,2,9-10,14H2,1H3,(H,15,16);3H,1-2H3/b12-6+;. The number of carbonyl (C=O) groups is 1. The van der Waals surface area contributed by atoms with Gasteiger partial charge in [-0.15, -0.1) is 0 Å². The largest absolute Gasteiger partial charge is 0.445 e. The van der Waals surface area contributed by atoms with Crippen molar-refractivity contribution in [1.29, 1.82) is 0 Å². The van der Waals surface area contributed by atoms with Gasteiger partial charge < -0.3 is 21.1 Å². The summed E-state index contributed by atoms with van der Waals surface area (Å²) in [5.74, 6) is 0. The van der Waals surface area contributed by atoms with Crippen molar-refractivity contribution in [2.75, 3.05) is 20.6 Å². The molecule has 0 saturated carbocycles. The minimum Gasteiger partial charge on any atom is -0.445 e. The summed E-state index contributed by atoms with van der Waals surface area (Å²) in [5.41, 5.74) is 7.23. The highest BCUT2D eigenvalue weighted by Crippen LogP contribution is 2.00. The van der Waals surface area contributed by atoms with Crippen LogP contribution in [0.15, 0.2) is 42.1 Å². The van der Waals surface area contributed by atoms with Gasteiger partial charge in [0.25, 0.3) is 0 Å². The molecule has 0 aliphatic rings. The van der Waals surface area contributed by atoms with Gasteiger partial charge in [-0.25, -0.2) is 4.79 Å². The zero-order valence-corrected chi connectivity index (χ0v) is 12.5. The average Bonchev–Trinajstić information content (AvgIpc) is 2.45. The van der Waals surface area contributed by atoms with Crippen molar-refractivity contribution in [3.8, 4) is 0 Å². The molecule has 1 rings (SSSR count). The van der Waals surface area contributed by atoms with E-state index >= 15 is 0 Å². The number of carbonyl (C=O) groups excluding carboxylic acids is 1. The SMILES string of the molecule is CC/C=C(/N)CNC(=O)OCc1ccccc1.CNC. The molecule has 5 heteroatoms. The Morgan fingerprint density at radius 2 is 1.90 bits per heavy atom. The third-order valence-corrected chi connectivity index (χ3v) is 2.12. The van der Waals surface area contributed by atoms with E-state index in [9.17, 15) is 4.79 Å². The first-order chi connectivity index (χ1) is 9.63. The van der Waals surface area contributed by atoms with Gasteiger partial charge in [-0.1, -0.05) is 43.3 Å². The van der Waals surface area contributed by atoms with Crippen molar-refractivity contribution < 1.29 is 9.53 Å². The van der Waals surface area contributed by atoms with E-state index in [0.717, 1.165) is 12.0 Å². The molecule has 1 aromatic carbocycles. The van der Waals surface area contributed by atoms with Crippen LogP contribution >= 0.6 is 0 Å². The van der Waals surface area contributed by atoms with Crippen LogP contribution in [0.25, 0.3) is 0 Å². The molecule has 1 amide bonds. The minimum atomic E-state index is -0.457. The Hall–Kier alpha value is -2.01. The molecule has 4 N–H and O–H groups in total. The fourth-order valence-corrected chi connectivity index (χ4v) is 1.28. The van der Waals surface area contributed by atoms with Gasteiger partial charge in [0.05, 0.1) is 6.54 Å². The van der Waals surface area contributed by atoms with Crippen LogP contribution in [0.4, 0.5) is 4.79 Å². The number of rotatable bonds is 5. The van der Waals surface area contributed by atoms with Gasteiger partial charge in [-0.05, 0) is 26.1 Å². The highest BCUT2D eigenvalue weighted by atomic mass is 16.5. The molecule has 0 aliphatic carbocycles. The Kier molecular flexibility index (Phi) is 10.8. The Morgan fingerprint density at radius 1 is 1.30 bits per heavy atom. The lowest BCUT2D eigenvalue weighted by atomic mass is 10.2. The summed E-state index contributed by atoms with van der Waals surface area (Å²) in [4.78, 5) is 11.3. The first-order valence-electron chi connectivity index (χ1n) is 6.61. The minimum absolute atomic E-state index is 0.268. The topological polar surface area (TPSA) is 76.4 Å². The van der Waals surface area contributed by atoms with E-state index in [2.05, 4.69) is 10.6 Å². The summed E-state index contributed by atoms with van der Waals surface area (Å²) in [7, 11) is 3.75. The maximum Gasteiger partial charge on any atom is 0.407 e. The number of hydrogen-bond acceptors (Lipinski definition) is 4. The predicted molar refractivity (Wildman–Crippen MR) is 82.2 cm³/mol. The molecule has 20 heavy (non-hydrogen) atoms. The van der Waals surface area contributed by atoms with E-state index < -0.39 is 6.09 Å². The third-order valence-electron chi connectivity index (χ3n) is 2.12. The molecule has 0 fully saturated rings. The van der Waals surface area contributed by atoms with Crippen molar-refractivity contribution in [2.24, 2.45) is 5.73 Å². The molecule has 0 aromatic heterocycles. The highest BCUT2D eigenvalue weighted by Gasteiger charge is 2.01. The van der Waals surface area contributed by atoms with Gasteiger partial charge in [-0.2, -0.15) is 0 Å². The zero-order valence-electron chi connectivity index (χ0n) is 12.5. The molecule has 0 bridgehead atoms. The maximum atomic E-state index is 11.3. The molecule has 5 nitrogen and oxygen atoms in total. The van der Waals surface area contributed by atoms with E-state index in [0.29, 0.717) is 12.2 Å². The number of nitrogens with one attached hydrogen (secondary N) is 2. The second-order valence-corrected chi connectivity index (χ2v) is 4.10. The summed E-state index contributed by atoms with van der Waals surface area (Å²) in [6.07, 6.45) is 2.26. The molecule has 0 saturated heterocycles. The van der Waals surface area contributed by atoms with E-state index in [1.54, 1.807) is 0 Å². The number of ether oxygens (including phenoxy) is 1. The van der Waals surface area contributed by atoms with Gasteiger partial charge in [0.1, 0.15) is 6.61 Å². The fourth-order valence-electron chi connectivity index (χ4n) is 1.28. The van der Waals surface area contributed by atoms with Crippen molar-refractivity contribution >= 4 is 6.09 Å². The lowest BCUT2D eigenvalue weighted by Crippen LogP contribution is -2.28. The van der Waals surface area contributed by atoms with Crippen molar-refractivity contribution in [3.05, 3.63) is 47.7 Å². The van der Waals surface area contributed by atoms with Gasteiger partial charge >= 0.3 is 6.09 Å². The van der Waals surface area contributed by atoms with Crippen LogP contribution in [0, 0.1) is 0 Å². The quantitative estimate of drug-likeness (QED) is 0.770. The summed E-state index contributed by atoms with van der Waals surface area (Å²) in [5, 5.41) is 5.33. The van der Waals surface area contributed by atoms with Crippen LogP contribution in [0.2, 0.25) is 0 Å². The number of alkyl carbamates (subject to hydrolysis) is 1. The Balaban J connectivity index is 0.00000110. The summed E-state index contributed by atoms with van der Waals surface area (Å²) in [6.45, 7) is 2.58. The zero-order chi connectivity index (χ0) is 15.2. The molecule has 112 valence electrons. The van der Waals surface area contributed by atoms with E-state index in [1.807, 2.05) is 57.4 Å². The second kappa shape index (κ2) is 12.0. The monoisotopic (exact) mass is 279 g/mol. The van der Waals surface area contributed by atoms with Crippen LogP contribution in [0.5, 0.6) is 0 Å². The Bertz CT molecular complexity index is 391. The summed E-state index contributed by atoms with van der Waals surface area (Å²) < 4.78 is 5.02. The van der Waals surface area contributed by atoms with Crippen molar-refractivity contribution in [2.45, 2.75) is 20.0 Å². The molecule has 0 unspecified atom stereocenters. The number of nitrogens with two attached hydrogens (primary N) is 1. The summed E-state index contributed by atoms with van der Waals surface area (Å²) in [6, 6.07) is 9.52. The van der Waals surface area contributed by atoms with E-state index in [4.69, 9.17) is 10.5 Å². The summed E-state index contributed by atoms with van der Waals surface area (Å²) >= 11 is 0. The van der Waals surface area contributed by atoms with Gasteiger partial charge in [0.15, 0.2) is 0 Å². The van der Waals surface area contributed by atoms with Gasteiger partial charge in [-0.3, -0.25) is 0 Å². The molecule has 0 aliphatic heterocycles. The van der Waals surface area contributed by atoms with Crippen LogP contribution in [-0.2, 0) is 11.3 Å². The first kappa shape index (κ1) is 18.0. The molecule has 0 heterocycles. The smallest absolute Gasteiger partial charge is 0.407 e. The lowest BCUT2D eigenvalue weighted by Gasteiger charge is -2.07. The molecule has 0 radical (unpaired) electrons. The molecular formula is C15H25N3O2.